The minimum absolute atomic E-state index is 0.0156. The van der Waals surface area contributed by atoms with Crippen LogP contribution < -0.4 is 4.74 Å². The monoisotopic (exact) mass is 252 g/mol. The molecule has 1 fully saturated rings. The minimum atomic E-state index is -0.628. The lowest BCUT2D eigenvalue weighted by molar-refractivity contribution is -0.0151. The average Bonchev–Trinajstić information content (AvgIpc) is 2.40. The maximum Gasteiger partial charge on any atom is 0.125 e. The number of aliphatic hydroxyl groups is 1. The molecule has 2 heterocycles. The fourth-order valence-corrected chi connectivity index (χ4v) is 2.82. The van der Waals surface area contributed by atoms with E-state index in [4.69, 9.17) is 9.47 Å². The highest BCUT2D eigenvalue weighted by atomic mass is 19.1. The number of rotatable bonds is 1. The van der Waals surface area contributed by atoms with E-state index in [1.54, 1.807) is 6.07 Å². The van der Waals surface area contributed by atoms with Crippen molar-refractivity contribution in [1.82, 2.24) is 0 Å². The van der Waals surface area contributed by atoms with Gasteiger partial charge in [0, 0.05) is 31.1 Å². The van der Waals surface area contributed by atoms with Gasteiger partial charge in [0.15, 0.2) is 0 Å². The van der Waals surface area contributed by atoms with Gasteiger partial charge in [-0.3, -0.25) is 0 Å². The molecule has 18 heavy (non-hydrogen) atoms. The number of fused-ring (bicyclic) bond motifs is 1. The summed E-state index contributed by atoms with van der Waals surface area (Å²) < 4.78 is 24.4. The quantitative estimate of drug-likeness (QED) is 0.834. The molecule has 0 bridgehead atoms. The van der Waals surface area contributed by atoms with Gasteiger partial charge in [0.05, 0.1) is 6.10 Å². The molecule has 1 aromatic rings. The number of ether oxygens (including phenoxy) is 2. The van der Waals surface area contributed by atoms with Crippen LogP contribution in [0.2, 0.25) is 0 Å². The first-order valence-corrected chi connectivity index (χ1v) is 6.46. The number of benzene rings is 1. The normalized spacial score (nSPS) is 28.6. The fraction of sp³-hybridized carbons (Fsp3) is 0.571. The van der Waals surface area contributed by atoms with Gasteiger partial charge in [0.1, 0.15) is 17.7 Å². The molecule has 0 saturated carbocycles. The topological polar surface area (TPSA) is 38.7 Å². The largest absolute Gasteiger partial charge is 0.490 e. The molecule has 3 rings (SSSR count). The zero-order chi connectivity index (χ0) is 12.5. The third kappa shape index (κ3) is 2.22. The molecule has 2 atom stereocenters. The molecule has 2 aliphatic rings. The third-order valence-electron chi connectivity index (χ3n) is 3.86. The van der Waals surface area contributed by atoms with Crippen LogP contribution in [0.1, 0.15) is 30.9 Å². The molecular weight excluding hydrogens is 235 g/mol. The number of hydrogen-bond acceptors (Lipinski definition) is 3. The summed E-state index contributed by atoms with van der Waals surface area (Å²) in [7, 11) is 0. The van der Waals surface area contributed by atoms with Crippen molar-refractivity contribution >= 4 is 0 Å². The van der Waals surface area contributed by atoms with Crippen molar-refractivity contribution in [3.63, 3.8) is 0 Å². The van der Waals surface area contributed by atoms with E-state index in [0.29, 0.717) is 23.7 Å². The SMILES string of the molecule is OC1CC(C2CCOCC2)Oc2ccc(F)cc21. The van der Waals surface area contributed by atoms with Gasteiger partial charge in [-0.25, -0.2) is 4.39 Å². The van der Waals surface area contributed by atoms with E-state index < -0.39 is 6.10 Å². The van der Waals surface area contributed by atoms with Crippen LogP contribution >= 0.6 is 0 Å². The predicted octanol–water partition coefficient (Wildman–Crippen LogP) is 2.44. The lowest BCUT2D eigenvalue weighted by Crippen LogP contribution is -2.36. The second-order valence-electron chi connectivity index (χ2n) is 5.04. The van der Waals surface area contributed by atoms with Gasteiger partial charge in [-0.1, -0.05) is 0 Å². The molecule has 0 amide bonds. The van der Waals surface area contributed by atoms with Crippen LogP contribution in [0.4, 0.5) is 4.39 Å². The Morgan fingerprint density at radius 3 is 2.78 bits per heavy atom. The molecule has 0 radical (unpaired) electrons. The second-order valence-corrected chi connectivity index (χ2v) is 5.04. The van der Waals surface area contributed by atoms with Gasteiger partial charge >= 0.3 is 0 Å². The van der Waals surface area contributed by atoms with Gasteiger partial charge in [-0.15, -0.1) is 0 Å². The van der Waals surface area contributed by atoms with Crippen molar-refractivity contribution in [3.8, 4) is 5.75 Å². The smallest absolute Gasteiger partial charge is 0.125 e. The summed E-state index contributed by atoms with van der Waals surface area (Å²) >= 11 is 0. The summed E-state index contributed by atoms with van der Waals surface area (Å²) in [5.41, 5.74) is 0.568. The maximum atomic E-state index is 13.1. The predicted molar refractivity (Wildman–Crippen MR) is 63.9 cm³/mol. The standard InChI is InChI=1S/C14H17FO3/c15-10-1-2-13-11(7-10)12(16)8-14(18-13)9-3-5-17-6-4-9/h1-2,7,9,12,14,16H,3-6,8H2. The molecule has 1 saturated heterocycles. The van der Waals surface area contributed by atoms with Crippen molar-refractivity contribution in [2.45, 2.75) is 31.5 Å². The molecule has 0 aliphatic carbocycles. The second kappa shape index (κ2) is 4.86. The van der Waals surface area contributed by atoms with Gasteiger partial charge in [0.25, 0.3) is 0 Å². The Morgan fingerprint density at radius 1 is 1.22 bits per heavy atom. The van der Waals surface area contributed by atoms with Crippen LogP contribution in [-0.4, -0.2) is 24.4 Å². The zero-order valence-electron chi connectivity index (χ0n) is 10.1. The number of halogens is 1. The average molecular weight is 252 g/mol. The van der Waals surface area contributed by atoms with Crippen molar-refractivity contribution in [3.05, 3.63) is 29.6 Å². The highest BCUT2D eigenvalue weighted by Crippen LogP contribution is 2.39. The first kappa shape index (κ1) is 11.9. The molecule has 1 N–H and O–H groups in total. The number of aliphatic hydroxyl groups excluding tert-OH is 1. The summed E-state index contributed by atoms with van der Waals surface area (Å²) in [5, 5.41) is 10.1. The molecule has 1 aromatic carbocycles. The third-order valence-corrected chi connectivity index (χ3v) is 3.86. The van der Waals surface area contributed by atoms with E-state index >= 15 is 0 Å². The van der Waals surface area contributed by atoms with Crippen molar-refractivity contribution in [2.24, 2.45) is 5.92 Å². The van der Waals surface area contributed by atoms with E-state index in [1.165, 1.54) is 12.1 Å². The minimum Gasteiger partial charge on any atom is -0.490 e. The van der Waals surface area contributed by atoms with Gasteiger partial charge in [-0.05, 0) is 31.0 Å². The van der Waals surface area contributed by atoms with Crippen LogP contribution in [0.3, 0.4) is 0 Å². The summed E-state index contributed by atoms with van der Waals surface area (Å²) in [6, 6.07) is 4.34. The zero-order valence-corrected chi connectivity index (χ0v) is 10.1. The molecule has 3 nitrogen and oxygen atoms in total. The van der Waals surface area contributed by atoms with E-state index in [2.05, 4.69) is 0 Å². The fourth-order valence-electron chi connectivity index (χ4n) is 2.82. The molecule has 0 aromatic heterocycles. The van der Waals surface area contributed by atoms with Gasteiger partial charge in [0.2, 0.25) is 0 Å². The lowest BCUT2D eigenvalue weighted by Gasteiger charge is -2.36. The van der Waals surface area contributed by atoms with Crippen LogP contribution in [0, 0.1) is 11.7 Å². The van der Waals surface area contributed by atoms with Crippen LogP contribution in [0.5, 0.6) is 5.75 Å². The summed E-state index contributed by atoms with van der Waals surface area (Å²) in [6.07, 6.45) is 1.86. The first-order valence-electron chi connectivity index (χ1n) is 6.46. The molecule has 4 heteroatoms. The van der Waals surface area contributed by atoms with Crippen LogP contribution in [0.25, 0.3) is 0 Å². The summed E-state index contributed by atoms with van der Waals surface area (Å²) in [5.74, 6) is 0.708. The van der Waals surface area contributed by atoms with Crippen LogP contribution in [-0.2, 0) is 4.74 Å². The Labute approximate surface area is 106 Å². The van der Waals surface area contributed by atoms with Crippen LogP contribution in [0.15, 0.2) is 18.2 Å². The van der Waals surface area contributed by atoms with Crippen molar-refractivity contribution < 1.29 is 19.0 Å². The summed E-state index contributed by atoms with van der Waals surface area (Å²) in [6.45, 7) is 1.52. The highest BCUT2D eigenvalue weighted by Gasteiger charge is 2.33. The Kier molecular flexibility index (Phi) is 3.22. The van der Waals surface area contributed by atoms with E-state index in [9.17, 15) is 9.50 Å². The lowest BCUT2D eigenvalue weighted by atomic mass is 9.87. The molecule has 98 valence electrons. The van der Waals surface area contributed by atoms with E-state index in [-0.39, 0.29) is 11.9 Å². The summed E-state index contributed by atoms with van der Waals surface area (Å²) in [4.78, 5) is 0. The first-order chi connectivity index (χ1) is 8.74. The van der Waals surface area contributed by atoms with Crippen molar-refractivity contribution in [2.75, 3.05) is 13.2 Å². The Morgan fingerprint density at radius 2 is 2.00 bits per heavy atom. The molecule has 2 unspecified atom stereocenters. The van der Waals surface area contributed by atoms with Gasteiger partial charge < -0.3 is 14.6 Å². The number of hydrogen-bond donors (Lipinski definition) is 1. The molecular formula is C14H17FO3. The maximum absolute atomic E-state index is 13.1. The molecule has 0 spiro atoms. The van der Waals surface area contributed by atoms with E-state index in [1.807, 2.05) is 0 Å². The Bertz CT molecular complexity index is 429. The van der Waals surface area contributed by atoms with E-state index in [0.717, 1.165) is 26.1 Å². The Balaban J connectivity index is 1.80. The van der Waals surface area contributed by atoms with Crippen molar-refractivity contribution in [1.29, 1.82) is 0 Å². The Hall–Kier alpha value is -1.13. The van der Waals surface area contributed by atoms with Gasteiger partial charge in [-0.2, -0.15) is 0 Å². The highest BCUT2D eigenvalue weighted by molar-refractivity contribution is 5.37. The molecule has 2 aliphatic heterocycles.